The van der Waals surface area contributed by atoms with E-state index < -0.39 is 0 Å². The van der Waals surface area contributed by atoms with Crippen LogP contribution in [0.3, 0.4) is 0 Å². The van der Waals surface area contributed by atoms with E-state index in [9.17, 15) is 9.59 Å². The van der Waals surface area contributed by atoms with Gasteiger partial charge in [0.1, 0.15) is 0 Å². The molecule has 1 aliphatic heterocycles. The summed E-state index contributed by atoms with van der Waals surface area (Å²) >= 11 is 0. The molecule has 0 radical (unpaired) electrons. The van der Waals surface area contributed by atoms with Gasteiger partial charge in [0.05, 0.1) is 5.92 Å². The topological polar surface area (TPSA) is 70.2 Å². The third-order valence-corrected chi connectivity index (χ3v) is 3.86. The SMILES string of the molecule is Cl.O=C(NCCCNC(=O)C1CCNC1)C1CCC1. The van der Waals surface area contributed by atoms with Crippen LogP contribution in [0.4, 0.5) is 0 Å². The molecule has 1 aliphatic carbocycles. The van der Waals surface area contributed by atoms with Crippen LogP contribution >= 0.6 is 12.4 Å². The van der Waals surface area contributed by atoms with Crippen molar-refractivity contribution in [3.63, 3.8) is 0 Å². The molecule has 5 nitrogen and oxygen atoms in total. The van der Waals surface area contributed by atoms with E-state index in [2.05, 4.69) is 16.0 Å². The Morgan fingerprint density at radius 3 is 2.11 bits per heavy atom. The molecule has 2 fully saturated rings. The number of nitrogens with one attached hydrogen (secondary N) is 3. The molecule has 3 N–H and O–H groups in total. The fraction of sp³-hybridized carbons (Fsp3) is 0.846. The minimum Gasteiger partial charge on any atom is -0.356 e. The molecule has 1 saturated heterocycles. The van der Waals surface area contributed by atoms with Crippen molar-refractivity contribution in [2.75, 3.05) is 26.2 Å². The highest BCUT2D eigenvalue weighted by molar-refractivity contribution is 5.85. The maximum Gasteiger partial charge on any atom is 0.224 e. The molecule has 2 rings (SSSR count). The first kappa shape index (κ1) is 16.2. The zero-order chi connectivity index (χ0) is 12.8. The van der Waals surface area contributed by atoms with Gasteiger partial charge in [-0.25, -0.2) is 0 Å². The second-order valence-electron chi connectivity index (χ2n) is 5.25. The van der Waals surface area contributed by atoms with Crippen molar-refractivity contribution in [1.29, 1.82) is 0 Å². The van der Waals surface area contributed by atoms with Gasteiger partial charge in [-0.3, -0.25) is 9.59 Å². The molecule has 0 aromatic carbocycles. The van der Waals surface area contributed by atoms with Crippen molar-refractivity contribution >= 4 is 24.2 Å². The van der Waals surface area contributed by atoms with Crippen LogP contribution in [0.2, 0.25) is 0 Å². The zero-order valence-electron chi connectivity index (χ0n) is 11.2. The van der Waals surface area contributed by atoms with Crippen molar-refractivity contribution in [3.05, 3.63) is 0 Å². The molecule has 0 bridgehead atoms. The van der Waals surface area contributed by atoms with Crippen LogP contribution in [-0.2, 0) is 9.59 Å². The summed E-state index contributed by atoms with van der Waals surface area (Å²) in [6.07, 6.45) is 5.01. The van der Waals surface area contributed by atoms with Gasteiger partial charge in [0.2, 0.25) is 11.8 Å². The van der Waals surface area contributed by atoms with Gasteiger partial charge in [0.15, 0.2) is 0 Å². The van der Waals surface area contributed by atoms with Gasteiger partial charge in [-0.2, -0.15) is 0 Å². The Bertz CT molecular complexity index is 302. The maximum absolute atomic E-state index is 11.7. The maximum atomic E-state index is 11.7. The summed E-state index contributed by atoms with van der Waals surface area (Å²) in [7, 11) is 0. The van der Waals surface area contributed by atoms with Crippen LogP contribution in [0.25, 0.3) is 0 Å². The smallest absolute Gasteiger partial charge is 0.224 e. The number of carbonyl (C=O) groups excluding carboxylic acids is 2. The average Bonchev–Trinajstić information content (AvgIpc) is 2.79. The Balaban J connectivity index is 0.00000180. The van der Waals surface area contributed by atoms with E-state index in [1.807, 2.05) is 0 Å². The van der Waals surface area contributed by atoms with Gasteiger partial charge in [-0.15, -0.1) is 12.4 Å². The largest absolute Gasteiger partial charge is 0.356 e. The molecule has 0 spiro atoms. The van der Waals surface area contributed by atoms with Crippen molar-refractivity contribution in [2.45, 2.75) is 32.1 Å². The Morgan fingerprint density at radius 2 is 1.63 bits per heavy atom. The van der Waals surface area contributed by atoms with E-state index in [0.29, 0.717) is 13.1 Å². The van der Waals surface area contributed by atoms with E-state index in [4.69, 9.17) is 0 Å². The fourth-order valence-electron chi connectivity index (χ4n) is 2.35. The average molecular weight is 290 g/mol. The molecule has 110 valence electrons. The summed E-state index contributed by atoms with van der Waals surface area (Å²) < 4.78 is 0. The molecule has 1 heterocycles. The van der Waals surface area contributed by atoms with E-state index in [-0.39, 0.29) is 36.1 Å². The minimum atomic E-state index is 0. The third kappa shape index (κ3) is 4.99. The van der Waals surface area contributed by atoms with Crippen LogP contribution in [0.1, 0.15) is 32.1 Å². The minimum absolute atomic E-state index is 0. The summed E-state index contributed by atoms with van der Waals surface area (Å²) in [5.41, 5.74) is 0. The normalized spacial score (nSPS) is 22.2. The third-order valence-electron chi connectivity index (χ3n) is 3.86. The lowest BCUT2D eigenvalue weighted by molar-refractivity contribution is -0.127. The van der Waals surface area contributed by atoms with Gasteiger partial charge < -0.3 is 16.0 Å². The number of hydrogen-bond acceptors (Lipinski definition) is 3. The summed E-state index contributed by atoms with van der Waals surface area (Å²) in [5.74, 6) is 0.719. The molecular formula is C13H24ClN3O2. The Kier molecular flexibility index (Phi) is 7.16. The summed E-state index contributed by atoms with van der Waals surface area (Å²) in [6.45, 7) is 3.05. The van der Waals surface area contributed by atoms with Crippen LogP contribution in [0, 0.1) is 11.8 Å². The first-order valence-electron chi connectivity index (χ1n) is 7.03. The molecule has 19 heavy (non-hydrogen) atoms. The highest BCUT2D eigenvalue weighted by atomic mass is 35.5. The second kappa shape index (κ2) is 8.38. The molecule has 0 aromatic heterocycles. The van der Waals surface area contributed by atoms with E-state index >= 15 is 0 Å². The Morgan fingerprint density at radius 1 is 1.00 bits per heavy atom. The number of halogens is 1. The Labute approximate surface area is 120 Å². The second-order valence-corrected chi connectivity index (χ2v) is 5.25. The molecule has 1 atom stereocenters. The predicted molar refractivity (Wildman–Crippen MR) is 76.2 cm³/mol. The lowest BCUT2D eigenvalue weighted by atomic mass is 9.85. The molecule has 1 saturated carbocycles. The summed E-state index contributed by atoms with van der Waals surface area (Å²) in [4.78, 5) is 23.2. The summed E-state index contributed by atoms with van der Waals surface area (Å²) in [6, 6.07) is 0. The zero-order valence-corrected chi connectivity index (χ0v) is 12.1. The monoisotopic (exact) mass is 289 g/mol. The van der Waals surface area contributed by atoms with Gasteiger partial charge >= 0.3 is 0 Å². The molecule has 6 heteroatoms. The summed E-state index contributed by atoms with van der Waals surface area (Å²) in [5, 5.41) is 9.03. The lowest BCUT2D eigenvalue weighted by Gasteiger charge is -2.24. The van der Waals surface area contributed by atoms with Gasteiger partial charge in [-0.05, 0) is 32.2 Å². The number of amides is 2. The van der Waals surface area contributed by atoms with Gasteiger partial charge in [-0.1, -0.05) is 6.42 Å². The predicted octanol–water partition coefficient (Wildman–Crippen LogP) is 0.440. The van der Waals surface area contributed by atoms with Crippen LogP contribution in [0.5, 0.6) is 0 Å². The number of rotatable bonds is 6. The van der Waals surface area contributed by atoms with Gasteiger partial charge in [0.25, 0.3) is 0 Å². The lowest BCUT2D eigenvalue weighted by Crippen LogP contribution is -2.37. The number of carbonyl (C=O) groups is 2. The molecule has 2 aliphatic rings. The highest BCUT2D eigenvalue weighted by Gasteiger charge is 2.24. The van der Waals surface area contributed by atoms with Crippen molar-refractivity contribution < 1.29 is 9.59 Å². The van der Waals surface area contributed by atoms with E-state index in [1.165, 1.54) is 6.42 Å². The Hall–Kier alpha value is -0.810. The fourth-order valence-corrected chi connectivity index (χ4v) is 2.35. The van der Waals surface area contributed by atoms with Crippen LogP contribution in [-0.4, -0.2) is 38.0 Å². The van der Waals surface area contributed by atoms with E-state index in [0.717, 1.165) is 38.8 Å². The highest BCUT2D eigenvalue weighted by Crippen LogP contribution is 2.25. The first-order valence-corrected chi connectivity index (χ1v) is 7.03. The van der Waals surface area contributed by atoms with Crippen molar-refractivity contribution in [1.82, 2.24) is 16.0 Å². The first-order chi connectivity index (χ1) is 8.77. The molecule has 0 aromatic rings. The molecular weight excluding hydrogens is 266 g/mol. The van der Waals surface area contributed by atoms with E-state index in [1.54, 1.807) is 0 Å². The standard InChI is InChI=1S/C13H23N3O2.ClH/c17-12(10-3-1-4-10)15-6-2-7-16-13(18)11-5-8-14-9-11;/h10-11,14H,1-9H2,(H,15,17)(H,16,18);1H. The molecule has 1 unspecified atom stereocenters. The number of hydrogen-bond donors (Lipinski definition) is 3. The van der Waals surface area contributed by atoms with Crippen molar-refractivity contribution in [3.8, 4) is 0 Å². The molecule has 2 amide bonds. The van der Waals surface area contributed by atoms with Crippen LogP contribution in [0.15, 0.2) is 0 Å². The van der Waals surface area contributed by atoms with Crippen LogP contribution < -0.4 is 16.0 Å². The van der Waals surface area contributed by atoms with Crippen molar-refractivity contribution in [2.24, 2.45) is 11.8 Å². The quantitative estimate of drug-likeness (QED) is 0.622. The van der Waals surface area contributed by atoms with Gasteiger partial charge in [0, 0.05) is 25.6 Å².